The van der Waals surface area contributed by atoms with Gasteiger partial charge in [0.25, 0.3) is 0 Å². The first-order valence-corrected chi connectivity index (χ1v) is 5.43. The summed E-state index contributed by atoms with van der Waals surface area (Å²) < 4.78 is 5.00. The minimum atomic E-state index is 0.0457. The minimum Gasteiger partial charge on any atom is -0.504 e. The van der Waals surface area contributed by atoms with E-state index >= 15 is 0 Å². The predicted octanol–water partition coefficient (Wildman–Crippen LogP) is 3.16. The number of rotatable bonds is 2. The Labute approximate surface area is 108 Å². The molecular weight excluding hydrogens is 263 g/mol. The van der Waals surface area contributed by atoms with E-state index in [-0.39, 0.29) is 16.1 Å². The van der Waals surface area contributed by atoms with Gasteiger partial charge in [0, 0.05) is 11.6 Å². The maximum absolute atomic E-state index is 9.47. The maximum atomic E-state index is 9.47. The first kappa shape index (κ1) is 12.0. The molecule has 0 bridgehead atoms. The van der Waals surface area contributed by atoms with E-state index in [1.54, 1.807) is 12.1 Å². The van der Waals surface area contributed by atoms with Gasteiger partial charge in [-0.1, -0.05) is 23.2 Å². The van der Waals surface area contributed by atoms with Crippen molar-refractivity contribution in [3.8, 4) is 22.9 Å². The minimum absolute atomic E-state index is 0.0457. The molecule has 0 aliphatic rings. The highest BCUT2D eigenvalue weighted by Crippen LogP contribution is 2.30. The molecule has 0 fully saturated rings. The molecule has 0 radical (unpaired) electrons. The molecule has 1 aromatic heterocycles. The van der Waals surface area contributed by atoms with Gasteiger partial charge < -0.3 is 9.84 Å². The van der Waals surface area contributed by atoms with Crippen molar-refractivity contribution in [2.75, 3.05) is 7.11 Å². The van der Waals surface area contributed by atoms with Crippen LogP contribution in [0.2, 0.25) is 10.3 Å². The molecular formula is C11H8Cl2N2O2. The molecule has 2 aromatic rings. The van der Waals surface area contributed by atoms with E-state index in [0.29, 0.717) is 17.1 Å². The maximum Gasteiger partial charge on any atom is 0.162 e. The Balaban J connectivity index is 2.52. The van der Waals surface area contributed by atoms with Gasteiger partial charge in [0.15, 0.2) is 17.3 Å². The molecule has 0 atom stereocenters. The van der Waals surface area contributed by atoms with Crippen LogP contribution >= 0.6 is 23.2 Å². The molecule has 0 aliphatic heterocycles. The first-order chi connectivity index (χ1) is 8.10. The summed E-state index contributed by atoms with van der Waals surface area (Å²) in [6, 6.07) is 6.20. The van der Waals surface area contributed by atoms with Gasteiger partial charge in [0.1, 0.15) is 10.3 Å². The van der Waals surface area contributed by atoms with Gasteiger partial charge in [-0.25, -0.2) is 9.97 Å². The van der Waals surface area contributed by atoms with Crippen molar-refractivity contribution in [1.29, 1.82) is 0 Å². The zero-order chi connectivity index (χ0) is 12.4. The van der Waals surface area contributed by atoms with E-state index in [1.165, 1.54) is 19.2 Å². The van der Waals surface area contributed by atoms with Gasteiger partial charge >= 0.3 is 0 Å². The summed E-state index contributed by atoms with van der Waals surface area (Å²) in [5.74, 6) is 0.757. The highest BCUT2D eigenvalue weighted by atomic mass is 35.5. The van der Waals surface area contributed by atoms with E-state index < -0.39 is 0 Å². The molecule has 1 N–H and O–H groups in total. The first-order valence-electron chi connectivity index (χ1n) is 4.67. The van der Waals surface area contributed by atoms with Crippen LogP contribution in [0.15, 0.2) is 24.3 Å². The fourth-order valence-electron chi connectivity index (χ4n) is 1.34. The van der Waals surface area contributed by atoms with Gasteiger partial charge in [0.05, 0.1) is 7.11 Å². The molecule has 17 heavy (non-hydrogen) atoms. The monoisotopic (exact) mass is 270 g/mol. The zero-order valence-corrected chi connectivity index (χ0v) is 10.3. The fourth-order valence-corrected chi connectivity index (χ4v) is 1.76. The summed E-state index contributed by atoms with van der Waals surface area (Å²) in [7, 11) is 1.46. The number of nitrogens with zero attached hydrogens (tertiary/aromatic N) is 2. The second-order valence-corrected chi connectivity index (χ2v) is 4.00. The normalized spacial score (nSPS) is 10.3. The summed E-state index contributed by atoms with van der Waals surface area (Å²) in [4.78, 5) is 8.08. The molecule has 1 aromatic carbocycles. The lowest BCUT2D eigenvalue weighted by Gasteiger charge is -2.06. The van der Waals surface area contributed by atoms with Crippen molar-refractivity contribution in [3.63, 3.8) is 0 Å². The molecule has 1 heterocycles. The third-order valence-corrected chi connectivity index (χ3v) is 2.49. The van der Waals surface area contributed by atoms with E-state index in [9.17, 15) is 5.11 Å². The number of aromatic hydroxyl groups is 1. The molecule has 0 amide bonds. The van der Waals surface area contributed by atoms with Gasteiger partial charge in [-0.2, -0.15) is 0 Å². The number of ether oxygens (including phenoxy) is 1. The third kappa shape index (κ3) is 2.60. The van der Waals surface area contributed by atoms with Crippen molar-refractivity contribution in [2.24, 2.45) is 0 Å². The van der Waals surface area contributed by atoms with Crippen molar-refractivity contribution in [3.05, 3.63) is 34.6 Å². The Bertz CT molecular complexity index is 541. The van der Waals surface area contributed by atoms with Gasteiger partial charge in [0.2, 0.25) is 0 Å². The van der Waals surface area contributed by atoms with Crippen LogP contribution in [0.1, 0.15) is 0 Å². The second kappa shape index (κ2) is 4.77. The molecule has 88 valence electrons. The van der Waals surface area contributed by atoms with Crippen LogP contribution in [-0.4, -0.2) is 22.2 Å². The quantitative estimate of drug-likeness (QED) is 0.852. The Morgan fingerprint density at radius 1 is 1.12 bits per heavy atom. The Kier molecular flexibility index (Phi) is 3.36. The number of hydrogen-bond acceptors (Lipinski definition) is 4. The molecule has 0 saturated carbocycles. The summed E-state index contributed by atoms with van der Waals surface area (Å²) >= 11 is 11.6. The van der Waals surface area contributed by atoms with Crippen molar-refractivity contribution >= 4 is 23.2 Å². The summed E-state index contributed by atoms with van der Waals surface area (Å²) in [6.45, 7) is 0. The molecule has 0 saturated heterocycles. The smallest absolute Gasteiger partial charge is 0.162 e. The Morgan fingerprint density at radius 2 is 1.76 bits per heavy atom. The molecule has 0 spiro atoms. The average Bonchev–Trinajstić information content (AvgIpc) is 2.28. The topological polar surface area (TPSA) is 55.2 Å². The summed E-state index contributed by atoms with van der Waals surface area (Å²) in [5.41, 5.74) is 0.657. The van der Waals surface area contributed by atoms with Gasteiger partial charge in [-0.15, -0.1) is 0 Å². The standard InChI is InChI=1S/C11H8Cl2N2O2/c1-17-8-4-6(2-3-7(8)16)11-14-9(12)5-10(13)15-11/h2-5,16H,1H3. The van der Waals surface area contributed by atoms with Crippen molar-refractivity contribution < 1.29 is 9.84 Å². The number of halogens is 2. The van der Waals surface area contributed by atoms with E-state index in [2.05, 4.69) is 9.97 Å². The Morgan fingerprint density at radius 3 is 2.35 bits per heavy atom. The van der Waals surface area contributed by atoms with Crippen LogP contribution in [0, 0.1) is 0 Å². The van der Waals surface area contributed by atoms with Crippen LogP contribution in [0.25, 0.3) is 11.4 Å². The highest BCUT2D eigenvalue weighted by Gasteiger charge is 2.08. The SMILES string of the molecule is COc1cc(-c2nc(Cl)cc(Cl)n2)ccc1O. The van der Waals surface area contributed by atoms with E-state index in [0.717, 1.165) is 0 Å². The summed E-state index contributed by atoms with van der Waals surface area (Å²) in [5, 5.41) is 9.99. The molecule has 6 heteroatoms. The lowest BCUT2D eigenvalue weighted by atomic mass is 10.2. The Hall–Kier alpha value is -1.52. The number of methoxy groups -OCH3 is 1. The summed E-state index contributed by atoms with van der Waals surface area (Å²) in [6.07, 6.45) is 0. The van der Waals surface area contributed by atoms with Crippen molar-refractivity contribution in [2.45, 2.75) is 0 Å². The number of hydrogen-bond donors (Lipinski definition) is 1. The molecule has 0 unspecified atom stereocenters. The van der Waals surface area contributed by atoms with Crippen LogP contribution < -0.4 is 4.74 Å². The van der Waals surface area contributed by atoms with Gasteiger partial charge in [-0.05, 0) is 18.2 Å². The lowest BCUT2D eigenvalue weighted by Crippen LogP contribution is -1.91. The largest absolute Gasteiger partial charge is 0.504 e. The lowest BCUT2D eigenvalue weighted by molar-refractivity contribution is 0.373. The number of phenolic OH excluding ortho intramolecular Hbond substituents is 1. The van der Waals surface area contributed by atoms with Crippen LogP contribution in [0.3, 0.4) is 0 Å². The van der Waals surface area contributed by atoms with Crippen LogP contribution in [0.5, 0.6) is 11.5 Å². The van der Waals surface area contributed by atoms with Crippen LogP contribution in [-0.2, 0) is 0 Å². The van der Waals surface area contributed by atoms with Gasteiger partial charge in [-0.3, -0.25) is 0 Å². The highest BCUT2D eigenvalue weighted by molar-refractivity contribution is 6.33. The zero-order valence-electron chi connectivity index (χ0n) is 8.82. The predicted molar refractivity (Wildman–Crippen MR) is 65.7 cm³/mol. The number of benzene rings is 1. The molecule has 4 nitrogen and oxygen atoms in total. The van der Waals surface area contributed by atoms with E-state index in [4.69, 9.17) is 27.9 Å². The van der Waals surface area contributed by atoms with Crippen molar-refractivity contribution in [1.82, 2.24) is 9.97 Å². The fraction of sp³-hybridized carbons (Fsp3) is 0.0909. The van der Waals surface area contributed by atoms with Crippen LogP contribution in [0.4, 0.5) is 0 Å². The molecule has 0 aliphatic carbocycles. The van der Waals surface area contributed by atoms with E-state index in [1.807, 2.05) is 0 Å². The number of phenols is 1. The third-order valence-electron chi connectivity index (χ3n) is 2.10. The second-order valence-electron chi connectivity index (χ2n) is 3.22. The molecule has 2 rings (SSSR count). The number of aromatic nitrogens is 2. The average molecular weight is 271 g/mol.